The van der Waals surface area contributed by atoms with Gasteiger partial charge in [0.15, 0.2) is 0 Å². The van der Waals surface area contributed by atoms with E-state index in [0.29, 0.717) is 42.8 Å². The van der Waals surface area contributed by atoms with E-state index in [1.165, 1.54) is 11.8 Å². The Hall–Kier alpha value is -4.40. The van der Waals surface area contributed by atoms with Crippen LogP contribution in [0.3, 0.4) is 0 Å². The maximum absolute atomic E-state index is 12.1. The Balaban J connectivity index is 1.42. The summed E-state index contributed by atoms with van der Waals surface area (Å²) in [6.07, 6.45) is 0.758. The van der Waals surface area contributed by atoms with E-state index in [1.807, 2.05) is 30.3 Å². The van der Waals surface area contributed by atoms with Gasteiger partial charge in [-0.3, -0.25) is 20.3 Å². The minimum absolute atomic E-state index is 0.00285. The number of nitrogen functional groups attached to an aromatic ring is 1. The number of carboxylic acids is 1. The minimum Gasteiger partial charge on any atom is -0.489 e. The van der Waals surface area contributed by atoms with Gasteiger partial charge in [-0.2, -0.15) is 0 Å². The lowest BCUT2D eigenvalue weighted by Crippen LogP contribution is -2.41. The zero-order chi connectivity index (χ0) is 25.8. The van der Waals surface area contributed by atoms with Gasteiger partial charge in [-0.15, -0.1) is 0 Å². The number of likely N-dealkylation sites (tertiary alicyclic amines) is 1. The molecule has 186 valence electrons. The SMILES string of the molecule is CC(=O)NC(=O)N1CCC(Oc2ccc(C(Cc3ccc4cc(C(=N)N)ccc4c3)C(=O)O)cc2)C1. The average Bonchev–Trinajstić information content (AvgIpc) is 3.31. The number of amidine groups is 1. The van der Waals surface area contributed by atoms with Crippen LogP contribution >= 0.6 is 0 Å². The molecule has 0 aliphatic carbocycles. The summed E-state index contributed by atoms with van der Waals surface area (Å²) < 4.78 is 5.97. The van der Waals surface area contributed by atoms with E-state index >= 15 is 0 Å². The van der Waals surface area contributed by atoms with Gasteiger partial charge in [0.1, 0.15) is 17.7 Å². The quantitative estimate of drug-likeness (QED) is 0.297. The molecule has 1 aliphatic rings. The van der Waals surface area contributed by atoms with E-state index in [4.69, 9.17) is 15.9 Å². The third-order valence-corrected chi connectivity index (χ3v) is 6.25. The molecule has 1 fully saturated rings. The van der Waals surface area contributed by atoms with Crippen molar-refractivity contribution in [1.29, 1.82) is 5.41 Å². The van der Waals surface area contributed by atoms with Crippen molar-refractivity contribution in [3.63, 3.8) is 0 Å². The molecule has 2 unspecified atom stereocenters. The second-order valence-corrected chi connectivity index (χ2v) is 8.93. The molecule has 9 heteroatoms. The van der Waals surface area contributed by atoms with E-state index in [-0.39, 0.29) is 11.9 Å². The fourth-order valence-electron chi connectivity index (χ4n) is 4.38. The predicted octanol–water partition coefficient (Wildman–Crippen LogP) is 3.24. The highest BCUT2D eigenvalue weighted by atomic mass is 16.5. The first-order valence-electron chi connectivity index (χ1n) is 11.6. The van der Waals surface area contributed by atoms with Gasteiger partial charge in [0, 0.05) is 25.5 Å². The van der Waals surface area contributed by atoms with Crippen LogP contribution in [0.5, 0.6) is 5.75 Å². The van der Waals surface area contributed by atoms with E-state index in [0.717, 1.165) is 16.3 Å². The molecule has 0 saturated carbocycles. The number of fused-ring (bicyclic) bond motifs is 1. The van der Waals surface area contributed by atoms with Gasteiger partial charge in [-0.05, 0) is 46.5 Å². The third-order valence-electron chi connectivity index (χ3n) is 6.25. The Morgan fingerprint density at radius 1 is 1.11 bits per heavy atom. The Bertz CT molecular complexity index is 1320. The van der Waals surface area contributed by atoms with Gasteiger partial charge in [0.2, 0.25) is 5.91 Å². The number of imide groups is 1. The molecule has 3 aromatic rings. The summed E-state index contributed by atoms with van der Waals surface area (Å²) in [5, 5.41) is 21.6. The number of hydrogen-bond acceptors (Lipinski definition) is 5. The van der Waals surface area contributed by atoms with Gasteiger partial charge >= 0.3 is 12.0 Å². The number of carbonyl (C=O) groups is 3. The summed E-state index contributed by atoms with van der Waals surface area (Å²) in [7, 11) is 0. The minimum atomic E-state index is -0.918. The first-order valence-corrected chi connectivity index (χ1v) is 11.6. The van der Waals surface area contributed by atoms with Crippen LogP contribution in [0.15, 0.2) is 60.7 Å². The molecule has 2 atom stereocenters. The lowest BCUT2D eigenvalue weighted by molar-refractivity contribution is -0.138. The van der Waals surface area contributed by atoms with Crippen LogP contribution in [-0.2, 0) is 16.0 Å². The number of rotatable bonds is 7. The lowest BCUT2D eigenvalue weighted by atomic mass is 9.91. The van der Waals surface area contributed by atoms with E-state index in [9.17, 15) is 19.5 Å². The van der Waals surface area contributed by atoms with Crippen molar-refractivity contribution < 1.29 is 24.2 Å². The first-order chi connectivity index (χ1) is 17.2. The van der Waals surface area contributed by atoms with E-state index < -0.39 is 23.8 Å². The van der Waals surface area contributed by atoms with Gasteiger partial charge in [0.25, 0.3) is 0 Å². The molecule has 0 bridgehead atoms. The lowest BCUT2D eigenvalue weighted by Gasteiger charge is -2.18. The summed E-state index contributed by atoms with van der Waals surface area (Å²) >= 11 is 0. The average molecular weight is 489 g/mol. The number of carbonyl (C=O) groups excluding carboxylic acids is 2. The summed E-state index contributed by atoms with van der Waals surface area (Å²) in [5.41, 5.74) is 7.76. The predicted molar refractivity (Wildman–Crippen MR) is 135 cm³/mol. The highest BCUT2D eigenvalue weighted by Crippen LogP contribution is 2.27. The smallest absolute Gasteiger partial charge is 0.324 e. The molecule has 1 aliphatic heterocycles. The van der Waals surface area contributed by atoms with Gasteiger partial charge in [0.05, 0.1) is 12.5 Å². The topological polar surface area (TPSA) is 146 Å². The number of aliphatic carboxylic acids is 1. The Morgan fingerprint density at radius 2 is 1.81 bits per heavy atom. The van der Waals surface area contributed by atoms with Crippen molar-refractivity contribution in [1.82, 2.24) is 10.2 Å². The maximum atomic E-state index is 12.1. The first kappa shape index (κ1) is 24.7. The molecule has 0 aromatic heterocycles. The van der Waals surface area contributed by atoms with E-state index in [1.54, 1.807) is 30.3 Å². The Kier molecular flexibility index (Phi) is 7.19. The monoisotopic (exact) mass is 488 g/mol. The van der Waals surface area contributed by atoms with Crippen LogP contribution in [0, 0.1) is 5.41 Å². The fraction of sp³-hybridized carbons (Fsp3) is 0.259. The van der Waals surface area contributed by atoms with Crippen LogP contribution in [0.4, 0.5) is 4.79 Å². The highest BCUT2D eigenvalue weighted by Gasteiger charge is 2.28. The maximum Gasteiger partial charge on any atom is 0.324 e. The second kappa shape index (κ2) is 10.5. The molecule has 1 saturated heterocycles. The number of ether oxygens (including phenoxy) is 1. The Morgan fingerprint density at radius 3 is 2.47 bits per heavy atom. The third kappa shape index (κ3) is 5.80. The molecule has 9 nitrogen and oxygen atoms in total. The van der Waals surface area contributed by atoms with Crippen LogP contribution in [0.2, 0.25) is 0 Å². The molecular formula is C27H28N4O5. The summed E-state index contributed by atoms with van der Waals surface area (Å²) in [6.45, 7) is 2.15. The second-order valence-electron chi connectivity index (χ2n) is 8.93. The number of nitrogens with zero attached hydrogens (tertiary/aromatic N) is 1. The number of amides is 3. The number of hydrogen-bond donors (Lipinski definition) is 4. The molecule has 36 heavy (non-hydrogen) atoms. The zero-order valence-corrected chi connectivity index (χ0v) is 19.9. The fourth-order valence-corrected chi connectivity index (χ4v) is 4.38. The summed E-state index contributed by atoms with van der Waals surface area (Å²) in [5.74, 6) is -1.46. The van der Waals surface area contributed by atoms with Gasteiger partial charge in [-0.25, -0.2) is 4.79 Å². The molecule has 0 spiro atoms. The van der Waals surface area contributed by atoms with Crippen LogP contribution in [0.25, 0.3) is 10.8 Å². The number of nitrogens with two attached hydrogens (primary N) is 1. The van der Waals surface area contributed by atoms with Crippen LogP contribution in [-0.4, -0.2) is 52.9 Å². The molecule has 5 N–H and O–H groups in total. The standard InChI is InChI=1S/C27H28N4O5/c1-16(32)30-27(35)31-11-10-23(15-31)36-22-8-6-18(7-9-22)24(26(33)34)13-17-2-3-20-14-21(25(28)29)5-4-19(20)12-17/h2-9,12,14,23-24H,10-11,13,15H2,1H3,(H3,28,29)(H,33,34)(H,30,32,35). The van der Waals surface area contributed by atoms with Crippen molar-refractivity contribution in [2.75, 3.05) is 13.1 Å². The van der Waals surface area contributed by atoms with Crippen molar-refractivity contribution in [2.24, 2.45) is 5.73 Å². The summed E-state index contributed by atoms with van der Waals surface area (Å²) in [6, 6.07) is 17.8. The van der Waals surface area contributed by atoms with Crippen molar-refractivity contribution in [2.45, 2.75) is 31.8 Å². The van der Waals surface area contributed by atoms with E-state index in [2.05, 4.69) is 5.32 Å². The molecule has 1 heterocycles. The van der Waals surface area contributed by atoms with Crippen LogP contribution < -0.4 is 15.8 Å². The number of urea groups is 1. The van der Waals surface area contributed by atoms with Crippen molar-refractivity contribution in [3.05, 3.63) is 77.4 Å². The number of benzene rings is 3. The number of carboxylic acid groups (broad SMARTS) is 1. The van der Waals surface area contributed by atoms with Gasteiger partial charge < -0.3 is 20.5 Å². The molecule has 3 amide bonds. The normalized spacial score (nSPS) is 15.9. The largest absolute Gasteiger partial charge is 0.489 e. The zero-order valence-electron chi connectivity index (χ0n) is 19.9. The number of nitrogens with one attached hydrogen (secondary N) is 2. The highest BCUT2D eigenvalue weighted by molar-refractivity contribution is 5.99. The molecule has 4 rings (SSSR count). The van der Waals surface area contributed by atoms with Gasteiger partial charge in [-0.1, -0.05) is 42.5 Å². The van der Waals surface area contributed by atoms with Crippen molar-refractivity contribution >= 4 is 34.5 Å². The Labute approximate surface area is 208 Å². The molecule has 0 radical (unpaired) electrons. The summed E-state index contributed by atoms with van der Waals surface area (Å²) in [4.78, 5) is 36.7. The van der Waals surface area contributed by atoms with Crippen molar-refractivity contribution in [3.8, 4) is 5.75 Å². The van der Waals surface area contributed by atoms with Crippen LogP contribution in [0.1, 0.15) is 36.0 Å². The molecular weight excluding hydrogens is 460 g/mol. The molecule has 3 aromatic carbocycles.